The van der Waals surface area contributed by atoms with E-state index in [2.05, 4.69) is 0 Å². The summed E-state index contributed by atoms with van der Waals surface area (Å²) in [5.41, 5.74) is 0.341. The number of Topliss-reactive ketones (excluding diaryl/α,β-unsaturated/α-hetero) is 1. The molecule has 0 aliphatic heterocycles. The number of hydrogen-bond acceptors (Lipinski definition) is 1. The average molecular weight is 241 g/mol. The smallest absolute Gasteiger partial charge is 0.167 e. The zero-order valence-electron chi connectivity index (χ0n) is 9.01. The quantitative estimate of drug-likeness (QED) is 0.707. The van der Waals surface area contributed by atoms with Crippen LogP contribution in [-0.4, -0.2) is 5.78 Å². The van der Waals surface area contributed by atoms with Crippen LogP contribution in [0.25, 0.3) is 0 Å². The van der Waals surface area contributed by atoms with Gasteiger partial charge in [0.1, 0.15) is 5.82 Å². The first-order valence-corrected chi connectivity index (χ1v) is 6.05. The summed E-state index contributed by atoms with van der Waals surface area (Å²) in [6.07, 6.45) is 5.19. The minimum absolute atomic E-state index is 0.00389. The van der Waals surface area contributed by atoms with Gasteiger partial charge in [-0.15, -0.1) is 0 Å². The van der Waals surface area contributed by atoms with E-state index in [1.807, 2.05) is 0 Å². The Bertz CT molecular complexity index is 397. The average Bonchev–Trinajstić information content (AvgIpc) is 2.32. The van der Waals surface area contributed by atoms with Gasteiger partial charge in [0.25, 0.3) is 0 Å². The lowest BCUT2D eigenvalue weighted by Crippen LogP contribution is -2.18. The molecule has 0 spiro atoms. The second-order valence-electron chi connectivity index (χ2n) is 4.32. The van der Waals surface area contributed by atoms with Crippen molar-refractivity contribution in [3.63, 3.8) is 0 Å². The van der Waals surface area contributed by atoms with Gasteiger partial charge in [0, 0.05) is 11.5 Å². The fraction of sp³-hybridized carbons (Fsp3) is 0.462. The van der Waals surface area contributed by atoms with E-state index in [4.69, 9.17) is 11.6 Å². The maximum absolute atomic E-state index is 13.1. The molecule has 1 aliphatic rings. The SMILES string of the molecule is O=C(c1cc(F)ccc1Cl)C1CCCCC1. The van der Waals surface area contributed by atoms with E-state index in [0.717, 1.165) is 25.7 Å². The number of rotatable bonds is 2. The number of halogens is 2. The predicted octanol–water partition coefficient (Wildman–Crippen LogP) is 4.24. The molecule has 0 bridgehead atoms. The third-order valence-corrected chi connectivity index (χ3v) is 3.50. The molecule has 0 radical (unpaired) electrons. The summed E-state index contributed by atoms with van der Waals surface area (Å²) in [4.78, 5) is 12.1. The van der Waals surface area contributed by atoms with Gasteiger partial charge in [0.05, 0.1) is 5.02 Å². The van der Waals surface area contributed by atoms with E-state index in [9.17, 15) is 9.18 Å². The zero-order chi connectivity index (χ0) is 11.5. The van der Waals surface area contributed by atoms with Gasteiger partial charge in [-0.25, -0.2) is 4.39 Å². The van der Waals surface area contributed by atoms with E-state index in [1.165, 1.54) is 24.6 Å². The van der Waals surface area contributed by atoms with Crippen LogP contribution in [0.2, 0.25) is 5.02 Å². The van der Waals surface area contributed by atoms with E-state index < -0.39 is 5.82 Å². The van der Waals surface area contributed by atoms with Gasteiger partial charge >= 0.3 is 0 Å². The first-order valence-electron chi connectivity index (χ1n) is 5.68. The van der Waals surface area contributed by atoms with Gasteiger partial charge < -0.3 is 0 Å². The van der Waals surface area contributed by atoms with Gasteiger partial charge in [-0.05, 0) is 31.0 Å². The number of carbonyl (C=O) groups is 1. The van der Waals surface area contributed by atoms with E-state index in [-0.39, 0.29) is 11.7 Å². The molecule has 1 aliphatic carbocycles. The van der Waals surface area contributed by atoms with E-state index >= 15 is 0 Å². The minimum atomic E-state index is -0.399. The molecule has 1 nitrogen and oxygen atoms in total. The van der Waals surface area contributed by atoms with Crippen LogP contribution >= 0.6 is 11.6 Å². The second kappa shape index (κ2) is 4.96. The van der Waals surface area contributed by atoms with Crippen molar-refractivity contribution in [2.24, 2.45) is 5.92 Å². The molecule has 0 amide bonds. The fourth-order valence-corrected chi connectivity index (χ4v) is 2.48. The molecule has 0 saturated heterocycles. The predicted molar refractivity (Wildman–Crippen MR) is 62.3 cm³/mol. The molecule has 1 saturated carbocycles. The summed E-state index contributed by atoms with van der Waals surface area (Å²) in [6.45, 7) is 0. The van der Waals surface area contributed by atoms with Gasteiger partial charge in [-0.1, -0.05) is 30.9 Å². The Kier molecular flexibility index (Phi) is 3.59. The lowest BCUT2D eigenvalue weighted by atomic mass is 9.84. The third kappa shape index (κ3) is 2.43. The van der Waals surface area contributed by atoms with Gasteiger partial charge in [0.2, 0.25) is 0 Å². The molecule has 0 N–H and O–H groups in total. The minimum Gasteiger partial charge on any atom is -0.294 e. The van der Waals surface area contributed by atoms with E-state index in [1.54, 1.807) is 0 Å². The molecule has 0 aromatic heterocycles. The lowest BCUT2D eigenvalue weighted by Gasteiger charge is -2.20. The summed E-state index contributed by atoms with van der Waals surface area (Å²) in [7, 11) is 0. The van der Waals surface area contributed by atoms with Crippen molar-refractivity contribution < 1.29 is 9.18 Å². The molecule has 1 aromatic carbocycles. The van der Waals surface area contributed by atoms with Crippen LogP contribution in [0, 0.1) is 11.7 Å². The molecule has 1 aromatic rings. The van der Waals surface area contributed by atoms with Crippen LogP contribution in [0.15, 0.2) is 18.2 Å². The highest BCUT2D eigenvalue weighted by Gasteiger charge is 2.24. The highest BCUT2D eigenvalue weighted by molar-refractivity contribution is 6.34. The summed E-state index contributed by atoms with van der Waals surface area (Å²) in [6, 6.07) is 3.98. The van der Waals surface area contributed by atoms with Crippen LogP contribution in [0.1, 0.15) is 42.5 Å². The van der Waals surface area contributed by atoms with Crippen LogP contribution in [0.3, 0.4) is 0 Å². The van der Waals surface area contributed by atoms with Crippen molar-refractivity contribution >= 4 is 17.4 Å². The van der Waals surface area contributed by atoms with Crippen molar-refractivity contribution in [2.75, 3.05) is 0 Å². The zero-order valence-corrected chi connectivity index (χ0v) is 9.77. The largest absolute Gasteiger partial charge is 0.294 e. The van der Waals surface area contributed by atoms with Crippen LogP contribution < -0.4 is 0 Å². The Morgan fingerprint density at radius 3 is 2.62 bits per heavy atom. The molecule has 16 heavy (non-hydrogen) atoms. The topological polar surface area (TPSA) is 17.1 Å². The number of hydrogen-bond donors (Lipinski definition) is 0. The molecular weight excluding hydrogens is 227 g/mol. The second-order valence-corrected chi connectivity index (χ2v) is 4.73. The Hall–Kier alpha value is -0.890. The maximum Gasteiger partial charge on any atom is 0.167 e. The molecule has 2 rings (SSSR count). The summed E-state index contributed by atoms with van der Waals surface area (Å²) < 4.78 is 13.1. The molecule has 86 valence electrons. The normalized spacial score (nSPS) is 17.4. The summed E-state index contributed by atoms with van der Waals surface area (Å²) in [5.74, 6) is -0.360. The van der Waals surface area contributed by atoms with Crippen molar-refractivity contribution in [2.45, 2.75) is 32.1 Å². The summed E-state index contributed by atoms with van der Waals surface area (Å²) >= 11 is 5.92. The lowest BCUT2D eigenvalue weighted by molar-refractivity contribution is 0.0889. The van der Waals surface area contributed by atoms with Crippen molar-refractivity contribution in [3.05, 3.63) is 34.6 Å². The van der Waals surface area contributed by atoms with Crippen LogP contribution in [0.5, 0.6) is 0 Å². The molecule has 0 heterocycles. The highest BCUT2D eigenvalue weighted by atomic mass is 35.5. The Labute approximate surface area is 99.6 Å². The Morgan fingerprint density at radius 2 is 1.94 bits per heavy atom. The van der Waals surface area contributed by atoms with Gasteiger partial charge in [-0.3, -0.25) is 4.79 Å². The van der Waals surface area contributed by atoms with Crippen molar-refractivity contribution in [1.82, 2.24) is 0 Å². The molecule has 1 fully saturated rings. The van der Waals surface area contributed by atoms with Crippen molar-refractivity contribution in [3.8, 4) is 0 Å². The number of carbonyl (C=O) groups excluding carboxylic acids is 1. The third-order valence-electron chi connectivity index (χ3n) is 3.17. The molecule has 0 atom stereocenters. The van der Waals surface area contributed by atoms with Crippen molar-refractivity contribution in [1.29, 1.82) is 0 Å². The van der Waals surface area contributed by atoms with Gasteiger partial charge in [-0.2, -0.15) is 0 Å². The van der Waals surface area contributed by atoms with Crippen LogP contribution in [-0.2, 0) is 0 Å². The highest BCUT2D eigenvalue weighted by Crippen LogP contribution is 2.29. The number of ketones is 1. The first kappa shape index (κ1) is 11.6. The maximum atomic E-state index is 13.1. The molecule has 0 unspecified atom stereocenters. The standard InChI is InChI=1S/C13H14ClFO/c14-12-7-6-10(15)8-11(12)13(16)9-4-2-1-3-5-9/h6-9H,1-5H2. The monoisotopic (exact) mass is 240 g/mol. The fourth-order valence-electron chi connectivity index (χ4n) is 2.27. The number of benzene rings is 1. The molecular formula is C13H14ClFO. The van der Waals surface area contributed by atoms with Gasteiger partial charge in [0.15, 0.2) is 5.78 Å². The molecule has 3 heteroatoms. The summed E-state index contributed by atoms with van der Waals surface area (Å²) in [5, 5.41) is 0.358. The Morgan fingerprint density at radius 1 is 1.25 bits per heavy atom. The Balaban J connectivity index is 2.22. The first-order chi connectivity index (χ1) is 7.68. The van der Waals surface area contributed by atoms with E-state index in [0.29, 0.717) is 10.6 Å². The van der Waals surface area contributed by atoms with Crippen LogP contribution in [0.4, 0.5) is 4.39 Å².